The van der Waals surface area contributed by atoms with Crippen molar-refractivity contribution in [3.05, 3.63) is 87.3 Å². The van der Waals surface area contributed by atoms with Gasteiger partial charge >= 0.3 is 0 Å². The van der Waals surface area contributed by atoms with Gasteiger partial charge in [0.15, 0.2) is 5.78 Å². The Balaban J connectivity index is 1.91. The van der Waals surface area contributed by atoms with E-state index < -0.39 is 11.5 Å². The Kier molecular flexibility index (Phi) is 5.46. The number of rotatable bonds is 4. The molecule has 6 heteroatoms. The number of hydrogen-bond donors (Lipinski definition) is 1. The molecule has 1 N–H and O–H groups in total. The van der Waals surface area contributed by atoms with Crippen LogP contribution in [0.4, 0.5) is 5.69 Å². The zero-order chi connectivity index (χ0) is 23.0. The zero-order valence-corrected chi connectivity index (χ0v) is 18.7. The van der Waals surface area contributed by atoms with Crippen LogP contribution < -0.4 is 15.6 Å². The van der Waals surface area contributed by atoms with Gasteiger partial charge in [0.05, 0.1) is 12.8 Å². The van der Waals surface area contributed by atoms with Crippen molar-refractivity contribution in [2.45, 2.75) is 33.6 Å². The first-order valence-electron chi connectivity index (χ1n) is 10.5. The third-order valence-electron chi connectivity index (χ3n) is 5.78. The summed E-state index contributed by atoms with van der Waals surface area (Å²) in [5.41, 5.74) is 2.14. The molecule has 0 spiro atoms. The number of aryl methyl sites for hydroxylation is 1. The topological polar surface area (TPSA) is 77.4 Å². The molecule has 2 aromatic carbocycles. The van der Waals surface area contributed by atoms with Crippen molar-refractivity contribution in [2.24, 2.45) is 5.41 Å². The molecular weight excluding hydrogens is 404 g/mol. The largest absolute Gasteiger partial charge is 0.495 e. The molecule has 0 saturated carbocycles. The number of ketones is 1. The van der Waals surface area contributed by atoms with Crippen molar-refractivity contribution in [1.82, 2.24) is 4.57 Å². The lowest BCUT2D eigenvalue weighted by Crippen LogP contribution is -2.37. The highest BCUT2D eigenvalue weighted by Crippen LogP contribution is 2.36. The maximum atomic E-state index is 13.6. The first-order chi connectivity index (χ1) is 15.2. The molecule has 1 aromatic heterocycles. The summed E-state index contributed by atoms with van der Waals surface area (Å²) in [6.45, 7) is 5.85. The summed E-state index contributed by atoms with van der Waals surface area (Å²) < 4.78 is 6.76. The number of nitrogens with one attached hydrogen (secondary N) is 1. The molecule has 0 fully saturated rings. The van der Waals surface area contributed by atoms with Crippen LogP contribution in [0.1, 0.15) is 52.1 Å². The predicted molar refractivity (Wildman–Crippen MR) is 124 cm³/mol. The van der Waals surface area contributed by atoms with Crippen LogP contribution >= 0.6 is 0 Å². The summed E-state index contributed by atoms with van der Waals surface area (Å²) in [6.07, 6.45) is 2.40. The zero-order valence-electron chi connectivity index (χ0n) is 18.7. The van der Waals surface area contributed by atoms with Crippen molar-refractivity contribution in [3.63, 3.8) is 0 Å². The number of anilines is 1. The Hall–Kier alpha value is -3.67. The van der Waals surface area contributed by atoms with Crippen molar-refractivity contribution in [1.29, 1.82) is 0 Å². The van der Waals surface area contributed by atoms with Crippen LogP contribution in [-0.4, -0.2) is 23.4 Å². The van der Waals surface area contributed by atoms with Crippen LogP contribution in [0.3, 0.4) is 0 Å². The molecule has 32 heavy (non-hydrogen) atoms. The van der Waals surface area contributed by atoms with Crippen molar-refractivity contribution in [2.75, 3.05) is 12.4 Å². The van der Waals surface area contributed by atoms with E-state index in [1.54, 1.807) is 30.5 Å². The number of carbonyl (C=O) groups is 2. The van der Waals surface area contributed by atoms with Gasteiger partial charge in [0.2, 0.25) is 0 Å². The first kappa shape index (κ1) is 21.6. The number of amides is 1. The minimum atomic E-state index is -0.550. The third-order valence-corrected chi connectivity index (χ3v) is 5.78. The smallest absolute Gasteiger partial charge is 0.268 e. The van der Waals surface area contributed by atoms with E-state index >= 15 is 0 Å². The molecule has 0 radical (unpaired) electrons. The van der Waals surface area contributed by atoms with Crippen LogP contribution in [0.2, 0.25) is 0 Å². The van der Waals surface area contributed by atoms with Crippen LogP contribution in [0.15, 0.2) is 59.5 Å². The van der Waals surface area contributed by atoms with Gasteiger partial charge in [0.25, 0.3) is 11.5 Å². The molecule has 0 bridgehead atoms. The Morgan fingerprint density at radius 3 is 2.47 bits per heavy atom. The molecule has 3 aromatic rings. The average Bonchev–Trinajstić information content (AvgIpc) is 2.73. The maximum absolute atomic E-state index is 13.6. The molecule has 0 aliphatic heterocycles. The summed E-state index contributed by atoms with van der Waals surface area (Å²) in [4.78, 5) is 40.1. The SMILES string of the molecule is COc1ccc(C)cc1NC(=O)c1c2c(cn(-c3ccccc3)c1=O)C(=O)CC(C)(C)C2. The number of benzene rings is 2. The molecule has 1 aliphatic rings. The minimum absolute atomic E-state index is 0.00367. The summed E-state index contributed by atoms with van der Waals surface area (Å²) in [7, 11) is 1.52. The molecule has 1 aliphatic carbocycles. The predicted octanol–water partition coefficient (Wildman–Crippen LogP) is 4.56. The minimum Gasteiger partial charge on any atom is -0.495 e. The molecule has 164 valence electrons. The summed E-state index contributed by atoms with van der Waals surface area (Å²) in [5, 5.41) is 2.84. The van der Waals surface area contributed by atoms with Gasteiger partial charge in [-0.05, 0) is 54.2 Å². The number of nitrogens with zero attached hydrogens (tertiary/aromatic N) is 1. The van der Waals surface area contributed by atoms with Gasteiger partial charge in [-0.1, -0.05) is 38.1 Å². The number of fused-ring (bicyclic) bond motifs is 1. The van der Waals surface area contributed by atoms with Crippen LogP contribution in [0.5, 0.6) is 5.75 Å². The monoisotopic (exact) mass is 430 g/mol. The van der Waals surface area contributed by atoms with Crippen molar-refractivity contribution in [3.8, 4) is 11.4 Å². The highest BCUT2D eigenvalue weighted by Gasteiger charge is 2.36. The molecule has 0 unspecified atom stereocenters. The Morgan fingerprint density at radius 1 is 1.06 bits per heavy atom. The van der Waals surface area contributed by atoms with Crippen LogP contribution in [-0.2, 0) is 6.42 Å². The highest BCUT2D eigenvalue weighted by atomic mass is 16.5. The van der Waals surface area contributed by atoms with E-state index in [-0.39, 0.29) is 16.8 Å². The Labute approximate surface area is 186 Å². The van der Waals surface area contributed by atoms with Crippen LogP contribution in [0, 0.1) is 12.3 Å². The lowest BCUT2D eigenvalue weighted by molar-refractivity contribution is 0.0910. The molecule has 1 heterocycles. The van der Waals surface area contributed by atoms with E-state index in [0.29, 0.717) is 41.1 Å². The number of aromatic nitrogens is 1. The van der Waals surface area contributed by atoms with Crippen molar-refractivity contribution >= 4 is 17.4 Å². The van der Waals surface area contributed by atoms with Gasteiger partial charge in [-0.2, -0.15) is 0 Å². The number of methoxy groups -OCH3 is 1. The molecule has 0 saturated heterocycles. The number of carbonyl (C=O) groups excluding carboxylic acids is 2. The standard InChI is InChI=1S/C26H26N2O4/c1-16-10-11-22(32-4)20(12-16)27-24(30)23-18-13-26(2,3)14-21(29)19(18)15-28(25(23)31)17-8-6-5-7-9-17/h5-12,15H,13-14H2,1-4H3,(H,27,30). The van der Waals surface area contributed by atoms with E-state index in [2.05, 4.69) is 5.32 Å². The molecule has 1 amide bonds. The second-order valence-electron chi connectivity index (χ2n) is 9.01. The lowest BCUT2D eigenvalue weighted by atomic mass is 9.73. The van der Waals surface area contributed by atoms with Crippen LogP contribution in [0.25, 0.3) is 5.69 Å². The van der Waals surface area contributed by atoms with E-state index in [0.717, 1.165) is 5.56 Å². The second kappa shape index (κ2) is 8.11. The lowest BCUT2D eigenvalue weighted by Gasteiger charge is -2.31. The van der Waals surface area contributed by atoms with Gasteiger partial charge in [-0.25, -0.2) is 0 Å². The fourth-order valence-corrected chi connectivity index (χ4v) is 4.26. The van der Waals surface area contributed by atoms with Gasteiger partial charge in [-0.15, -0.1) is 0 Å². The second-order valence-corrected chi connectivity index (χ2v) is 9.01. The fraction of sp³-hybridized carbons (Fsp3) is 0.269. The quantitative estimate of drug-likeness (QED) is 0.658. The number of ether oxygens (including phenoxy) is 1. The first-order valence-corrected chi connectivity index (χ1v) is 10.5. The number of Topliss-reactive ketones (excluding diaryl/α,β-unsaturated/α-hetero) is 1. The van der Waals surface area contributed by atoms with E-state index in [1.807, 2.05) is 45.0 Å². The van der Waals surface area contributed by atoms with Gasteiger partial charge in [0, 0.05) is 23.9 Å². The Morgan fingerprint density at radius 2 is 1.78 bits per heavy atom. The van der Waals surface area contributed by atoms with Gasteiger partial charge in [-0.3, -0.25) is 19.0 Å². The van der Waals surface area contributed by atoms with Gasteiger partial charge in [0.1, 0.15) is 11.3 Å². The average molecular weight is 431 g/mol. The summed E-state index contributed by atoms with van der Waals surface area (Å²) in [6, 6.07) is 14.4. The van der Waals surface area contributed by atoms with E-state index in [4.69, 9.17) is 4.74 Å². The number of para-hydroxylation sites is 1. The molecule has 0 atom stereocenters. The van der Waals surface area contributed by atoms with Gasteiger partial charge < -0.3 is 10.1 Å². The maximum Gasteiger partial charge on any atom is 0.268 e. The van der Waals surface area contributed by atoms with Crippen molar-refractivity contribution < 1.29 is 14.3 Å². The fourth-order valence-electron chi connectivity index (χ4n) is 4.26. The van der Waals surface area contributed by atoms with E-state index in [1.165, 1.54) is 11.7 Å². The molecule has 4 rings (SSSR count). The Bertz CT molecular complexity index is 1270. The summed E-state index contributed by atoms with van der Waals surface area (Å²) >= 11 is 0. The number of pyridine rings is 1. The third kappa shape index (κ3) is 3.96. The summed E-state index contributed by atoms with van der Waals surface area (Å²) in [5.74, 6) is -0.123. The van der Waals surface area contributed by atoms with E-state index in [9.17, 15) is 14.4 Å². The number of hydrogen-bond acceptors (Lipinski definition) is 4. The molecular formula is C26H26N2O4. The molecule has 6 nitrogen and oxygen atoms in total. The normalized spacial score (nSPS) is 14.6. The highest BCUT2D eigenvalue weighted by molar-refractivity contribution is 6.09.